The Kier molecular flexibility index (Phi) is 4.15. The smallest absolute Gasteiger partial charge is 0.130 e. The molecule has 0 N–H and O–H groups in total. The molecule has 1 aromatic carbocycles. The lowest BCUT2D eigenvalue weighted by atomic mass is 10.2. The highest BCUT2D eigenvalue weighted by molar-refractivity contribution is 6.89. The molecule has 0 aliphatic carbocycles. The lowest BCUT2D eigenvalue weighted by Gasteiger charge is -2.20. The topological polar surface area (TPSA) is 0 Å². The van der Waals surface area contributed by atoms with E-state index in [9.17, 15) is 4.39 Å². The van der Waals surface area contributed by atoms with Gasteiger partial charge in [0.25, 0.3) is 0 Å². The van der Waals surface area contributed by atoms with E-state index < -0.39 is 16.1 Å². The van der Waals surface area contributed by atoms with E-state index in [1.165, 1.54) is 5.19 Å². The summed E-state index contributed by atoms with van der Waals surface area (Å²) in [6.45, 7) is 13.6. The van der Waals surface area contributed by atoms with Gasteiger partial charge in [0.05, 0.1) is 16.1 Å². The predicted molar refractivity (Wildman–Crippen MR) is 81.8 cm³/mol. The first-order valence-electron chi connectivity index (χ1n) is 6.09. The van der Waals surface area contributed by atoms with Crippen molar-refractivity contribution in [1.29, 1.82) is 0 Å². The van der Waals surface area contributed by atoms with Crippen LogP contribution < -0.4 is 5.19 Å². The van der Waals surface area contributed by atoms with Crippen molar-refractivity contribution in [1.82, 2.24) is 0 Å². The summed E-state index contributed by atoms with van der Waals surface area (Å²) in [6, 6.07) is 5.47. The monoisotopic (exact) mass is 266 g/mol. The second kappa shape index (κ2) is 4.90. The van der Waals surface area contributed by atoms with Crippen LogP contribution in [0.4, 0.5) is 4.39 Å². The molecule has 0 atom stereocenters. The average molecular weight is 267 g/mol. The van der Waals surface area contributed by atoms with Crippen LogP contribution in [0.15, 0.2) is 23.9 Å². The molecule has 0 saturated carbocycles. The van der Waals surface area contributed by atoms with E-state index in [0.29, 0.717) is 0 Å². The highest BCUT2D eigenvalue weighted by atomic mass is 28.3. The van der Waals surface area contributed by atoms with Gasteiger partial charge >= 0.3 is 0 Å². The van der Waals surface area contributed by atoms with Crippen LogP contribution in [0.25, 0.3) is 6.08 Å². The zero-order chi connectivity index (χ0) is 13.3. The summed E-state index contributed by atoms with van der Waals surface area (Å²) in [7, 11) is -2.76. The number of halogens is 1. The van der Waals surface area contributed by atoms with Crippen LogP contribution in [-0.4, -0.2) is 16.1 Å². The van der Waals surface area contributed by atoms with E-state index >= 15 is 0 Å². The van der Waals surface area contributed by atoms with E-state index in [1.807, 2.05) is 12.1 Å². The van der Waals surface area contributed by atoms with Crippen molar-refractivity contribution in [3.05, 3.63) is 35.3 Å². The third kappa shape index (κ3) is 4.24. The lowest BCUT2D eigenvalue weighted by Crippen LogP contribution is -2.40. The number of benzene rings is 1. The van der Waals surface area contributed by atoms with Crippen molar-refractivity contribution >= 4 is 27.4 Å². The van der Waals surface area contributed by atoms with Crippen molar-refractivity contribution in [2.45, 2.75) is 39.3 Å². The molecule has 3 heteroatoms. The van der Waals surface area contributed by atoms with E-state index in [-0.39, 0.29) is 5.82 Å². The molecule has 0 radical (unpaired) electrons. The van der Waals surface area contributed by atoms with E-state index in [1.54, 1.807) is 6.07 Å². The fourth-order valence-corrected chi connectivity index (χ4v) is 3.97. The molecule has 0 aliphatic rings. The molecular weight excluding hydrogens is 243 g/mol. The summed E-state index contributed by atoms with van der Waals surface area (Å²) in [5.74, 6) is -0.0839. The highest BCUT2D eigenvalue weighted by Crippen LogP contribution is 2.14. The molecule has 1 rings (SSSR count). The Balaban J connectivity index is 3.27. The molecule has 0 saturated heterocycles. The minimum absolute atomic E-state index is 0.0839. The van der Waals surface area contributed by atoms with Crippen molar-refractivity contribution < 1.29 is 4.39 Å². The summed E-state index contributed by atoms with van der Waals surface area (Å²) in [6.07, 6.45) is 2.01. The second-order valence-electron chi connectivity index (χ2n) is 6.65. The van der Waals surface area contributed by atoms with Gasteiger partial charge in [0.1, 0.15) is 5.82 Å². The molecule has 0 amide bonds. The first-order valence-corrected chi connectivity index (χ1v) is 13.2. The molecule has 0 nitrogen and oxygen atoms in total. The van der Waals surface area contributed by atoms with Crippen molar-refractivity contribution in [2.24, 2.45) is 0 Å². The maximum absolute atomic E-state index is 13.9. The summed E-state index contributed by atoms with van der Waals surface area (Å²) in [5.41, 5.74) is 3.03. The van der Waals surface area contributed by atoms with Gasteiger partial charge in [-0.15, -0.1) is 0 Å². The fraction of sp³-hybridized carbons (Fsp3) is 0.429. The molecule has 0 fully saturated rings. The molecule has 0 aromatic heterocycles. The van der Waals surface area contributed by atoms with Crippen molar-refractivity contribution in [3.8, 4) is 0 Å². The van der Waals surface area contributed by atoms with Crippen molar-refractivity contribution in [2.75, 3.05) is 0 Å². The van der Waals surface area contributed by atoms with Gasteiger partial charge in [0.2, 0.25) is 0 Å². The van der Waals surface area contributed by atoms with Gasteiger partial charge in [-0.2, -0.15) is 0 Å². The normalized spacial score (nSPS) is 13.4. The van der Waals surface area contributed by atoms with Gasteiger partial charge in [-0.25, -0.2) is 4.39 Å². The lowest BCUT2D eigenvalue weighted by molar-refractivity contribution is 0.626. The molecule has 94 valence electrons. The molecule has 0 aliphatic heterocycles. The Morgan fingerprint density at radius 1 is 1.00 bits per heavy atom. The van der Waals surface area contributed by atoms with Crippen LogP contribution in [0.5, 0.6) is 0 Å². The SMILES string of the molecule is C[Si](C)(C)/C=C\c1c(F)cccc1[Si](C)(C)C. The first kappa shape index (κ1) is 14.4. The van der Waals surface area contributed by atoms with Crippen LogP contribution in [0, 0.1) is 5.82 Å². The number of hydrogen-bond donors (Lipinski definition) is 0. The molecule has 0 bridgehead atoms. The first-order chi connectivity index (χ1) is 7.61. The summed E-state index contributed by atoms with van der Waals surface area (Å²) < 4.78 is 13.9. The van der Waals surface area contributed by atoms with E-state index in [2.05, 4.69) is 51.0 Å². The van der Waals surface area contributed by atoms with Gasteiger partial charge in [-0.1, -0.05) is 68.4 Å². The summed E-state index contributed by atoms with van der Waals surface area (Å²) >= 11 is 0. The molecule has 0 unspecified atom stereocenters. The molecule has 17 heavy (non-hydrogen) atoms. The quantitative estimate of drug-likeness (QED) is 0.717. The molecular formula is C14H23FSi2. The average Bonchev–Trinajstić information content (AvgIpc) is 2.12. The predicted octanol–water partition coefficient (Wildman–Crippen LogP) is 4.26. The minimum Gasteiger partial charge on any atom is -0.206 e. The third-order valence-electron chi connectivity index (χ3n) is 2.61. The Morgan fingerprint density at radius 2 is 1.59 bits per heavy atom. The largest absolute Gasteiger partial charge is 0.206 e. The number of rotatable bonds is 3. The van der Waals surface area contributed by atoms with E-state index in [0.717, 1.165) is 5.56 Å². The number of hydrogen-bond acceptors (Lipinski definition) is 0. The fourth-order valence-electron chi connectivity index (χ4n) is 1.69. The second-order valence-corrected chi connectivity index (χ2v) is 16.8. The van der Waals surface area contributed by atoms with Gasteiger partial charge in [0, 0.05) is 5.56 Å². The van der Waals surface area contributed by atoms with Gasteiger partial charge < -0.3 is 0 Å². The van der Waals surface area contributed by atoms with E-state index in [4.69, 9.17) is 0 Å². The Bertz CT molecular complexity index is 423. The summed E-state index contributed by atoms with van der Waals surface area (Å²) in [4.78, 5) is 0. The zero-order valence-corrected chi connectivity index (χ0v) is 13.8. The van der Waals surface area contributed by atoms with Crippen LogP contribution in [0.2, 0.25) is 39.3 Å². The Labute approximate surface area is 107 Å². The standard InChI is InChI=1S/C14H23FSi2/c1-16(2,3)11-10-12-13(15)8-7-9-14(12)17(4,5)6/h7-11H,1-6H3/b11-10-. The Morgan fingerprint density at radius 3 is 2.06 bits per heavy atom. The highest BCUT2D eigenvalue weighted by Gasteiger charge is 2.21. The molecule has 0 spiro atoms. The van der Waals surface area contributed by atoms with Gasteiger partial charge in [-0.3, -0.25) is 0 Å². The Hall–Kier alpha value is -0.676. The van der Waals surface area contributed by atoms with Crippen LogP contribution in [-0.2, 0) is 0 Å². The minimum atomic E-state index is -1.48. The van der Waals surface area contributed by atoms with Crippen LogP contribution in [0.3, 0.4) is 0 Å². The summed E-state index contributed by atoms with van der Waals surface area (Å²) in [5, 5.41) is 1.21. The molecule has 0 heterocycles. The van der Waals surface area contributed by atoms with Gasteiger partial charge in [0.15, 0.2) is 0 Å². The maximum atomic E-state index is 13.9. The molecule has 1 aromatic rings. The van der Waals surface area contributed by atoms with Gasteiger partial charge in [-0.05, 0) is 6.07 Å². The van der Waals surface area contributed by atoms with Crippen LogP contribution in [0.1, 0.15) is 5.56 Å². The maximum Gasteiger partial charge on any atom is 0.130 e. The van der Waals surface area contributed by atoms with Crippen LogP contribution >= 0.6 is 0 Å². The third-order valence-corrected chi connectivity index (χ3v) is 5.83. The zero-order valence-electron chi connectivity index (χ0n) is 11.8. The van der Waals surface area contributed by atoms with Crippen molar-refractivity contribution in [3.63, 3.8) is 0 Å².